The van der Waals surface area contributed by atoms with Gasteiger partial charge in [0.1, 0.15) is 0 Å². The lowest BCUT2D eigenvalue weighted by Crippen LogP contribution is -2.26. The van der Waals surface area contributed by atoms with E-state index in [-0.39, 0.29) is 5.91 Å². The highest BCUT2D eigenvalue weighted by Gasteiger charge is 1.97. The molecule has 4 heteroatoms. The van der Waals surface area contributed by atoms with Crippen LogP contribution in [0.25, 0.3) is 0 Å². The van der Waals surface area contributed by atoms with Crippen LogP contribution in [-0.4, -0.2) is 31.0 Å². The average molecular weight is 176 g/mol. The molecular formula is C7H16N2OS. The Balaban J connectivity index is 3.09. The summed E-state index contributed by atoms with van der Waals surface area (Å²) in [7, 11) is 0. The molecule has 0 atom stereocenters. The summed E-state index contributed by atoms with van der Waals surface area (Å²) in [6, 6.07) is 0. The zero-order chi connectivity index (χ0) is 8.53. The zero-order valence-electron chi connectivity index (χ0n) is 6.93. The van der Waals surface area contributed by atoms with E-state index in [9.17, 15) is 4.79 Å². The molecule has 0 fully saturated rings. The van der Waals surface area contributed by atoms with Crippen molar-refractivity contribution >= 4 is 17.7 Å². The summed E-state index contributed by atoms with van der Waals surface area (Å²) < 4.78 is 0. The van der Waals surface area contributed by atoms with Crippen LogP contribution in [0.5, 0.6) is 0 Å². The van der Waals surface area contributed by atoms with Gasteiger partial charge in [-0.15, -0.1) is 0 Å². The van der Waals surface area contributed by atoms with Gasteiger partial charge in [0, 0.05) is 18.7 Å². The predicted molar refractivity (Wildman–Crippen MR) is 49.7 cm³/mol. The maximum absolute atomic E-state index is 10.9. The molecule has 0 rings (SSSR count). The normalized spacial score (nSPS) is 9.64. The van der Waals surface area contributed by atoms with Crippen LogP contribution in [0.1, 0.15) is 12.8 Å². The van der Waals surface area contributed by atoms with Gasteiger partial charge in [0.05, 0.1) is 0 Å². The molecule has 11 heavy (non-hydrogen) atoms. The minimum atomic E-state index is 0.132. The molecule has 3 nitrogen and oxygen atoms in total. The quantitative estimate of drug-likeness (QED) is 0.569. The SMILES string of the molecule is CSCCC(=O)NCCCN. The Bertz CT molecular complexity index is 109. The van der Waals surface area contributed by atoms with Crippen molar-refractivity contribution < 1.29 is 4.79 Å². The minimum Gasteiger partial charge on any atom is -0.356 e. The second-order valence-corrected chi connectivity index (χ2v) is 3.22. The maximum Gasteiger partial charge on any atom is 0.220 e. The van der Waals surface area contributed by atoms with Crippen LogP contribution in [0.3, 0.4) is 0 Å². The molecule has 0 saturated carbocycles. The van der Waals surface area contributed by atoms with Crippen LogP contribution in [0.15, 0.2) is 0 Å². The summed E-state index contributed by atoms with van der Waals surface area (Å²) in [5.74, 6) is 1.03. The summed E-state index contributed by atoms with van der Waals surface area (Å²) in [6.45, 7) is 1.35. The summed E-state index contributed by atoms with van der Waals surface area (Å²) in [5.41, 5.74) is 5.26. The first-order valence-corrected chi connectivity index (χ1v) is 5.16. The number of rotatable bonds is 6. The third-order valence-electron chi connectivity index (χ3n) is 1.24. The molecule has 0 saturated heterocycles. The third kappa shape index (κ3) is 7.68. The van der Waals surface area contributed by atoms with Crippen molar-refractivity contribution in [3.63, 3.8) is 0 Å². The fourth-order valence-corrected chi connectivity index (χ4v) is 1.00. The van der Waals surface area contributed by atoms with Gasteiger partial charge in [-0.1, -0.05) is 0 Å². The number of carbonyl (C=O) groups is 1. The first-order chi connectivity index (χ1) is 5.31. The van der Waals surface area contributed by atoms with Gasteiger partial charge in [-0.05, 0) is 19.2 Å². The molecule has 0 aliphatic heterocycles. The second kappa shape index (κ2) is 7.88. The molecule has 66 valence electrons. The van der Waals surface area contributed by atoms with E-state index < -0.39 is 0 Å². The van der Waals surface area contributed by atoms with E-state index in [2.05, 4.69) is 5.32 Å². The number of thioether (sulfide) groups is 1. The Kier molecular flexibility index (Phi) is 7.72. The van der Waals surface area contributed by atoms with Gasteiger partial charge >= 0.3 is 0 Å². The van der Waals surface area contributed by atoms with Crippen molar-refractivity contribution in [1.82, 2.24) is 5.32 Å². The van der Waals surface area contributed by atoms with Gasteiger partial charge in [-0.3, -0.25) is 4.79 Å². The van der Waals surface area contributed by atoms with Gasteiger partial charge in [-0.25, -0.2) is 0 Å². The van der Waals surface area contributed by atoms with E-state index in [0.717, 1.165) is 12.2 Å². The van der Waals surface area contributed by atoms with Crippen LogP contribution in [0.4, 0.5) is 0 Å². The van der Waals surface area contributed by atoms with E-state index in [1.165, 1.54) is 0 Å². The van der Waals surface area contributed by atoms with Crippen molar-refractivity contribution in [3.05, 3.63) is 0 Å². The molecule has 3 N–H and O–H groups in total. The zero-order valence-corrected chi connectivity index (χ0v) is 7.75. The van der Waals surface area contributed by atoms with Crippen molar-refractivity contribution in [3.8, 4) is 0 Å². The van der Waals surface area contributed by atoms with Crippen molar-refractivity contribution in [2.24, 2.45) is 5.73 Å². The molecule has 1 amide bonds. The van der Waals surface area contributed by atoms with E-state index in [1.54, 1.807) is 11.8 Å². The van der Waals surface area contributed by atoms with Crippen LogP contribution in [0, 0.1) is 0 Å². The highest BCUT2D eigenvalue weighted by molar-refractivity contribution is 7.98. The van der Waals surface area contributed by atoms with E-state index in [4.69, 9.17) is 5.73 Å². The van der Waals surface area contributed by atoms with Gasteiger partial charge in [0.25, 0.3) is 0 Å². The highest BCUT2D eigenvalue weighted by atomic mass is 32.2. The second-order valence-electron chi connectivity index (χ2n) is 2.23. The number of hydrogen-bond acceptors (Lipinski definition) is 3. The maximum atomic E-state index is 10.9. The standard InChI is InChI=1S/C7H16N2OS/c1-11-6-3-7(10)9-5-2-4-8/h2-6,8H2,1H3,(H,9,10). The first-order valence-electron chi connectivity index (χ1n) is 3.77. The van der Waals surface area contributed by atoms with E-state index in [0.29, 0.717) is 19.5 Å². The molecule has 0 bridgehead atoms. The van der Waals surface area contributed by atoms with Crippen LogP contribution in [0.2, 0.25) is 0 Å². The predicted octanol–water partition coefficient (Wildman–Crippen LogP) is 0.205. The summed E-state index contributed by atoms with van der Waals surface area (Å²) in [5, 5.41) is 2.79. The monoisotopic (exact) mass is 176 g/mol. The lowest BCUT2D eigenvalue weighted by molar-refractivity contribution is -0.120. The molecule has 0 unspecified atom stereocenters. The van der Waals surface area contributed by atoms with E-state index >= 15 is 0 Å². The fourth-order valence-electron chi connectivity index (χ4n) is 0.613. The fraction of sp³-hybridized carbons (Fsp3) is 0.857. The molecule has 0 aliphatic carbocycles. The van der Waals surface area contributed by atoms with Crippen molar-refractivity contribution in [2.45, 2.75) is 12.8 Å². The highest BCUT2D eigenvalue weighted by Crippen LogP contribution is 1.94. The molecular weight excluding hydrogens is 160 g/mol. The molecule has 0 aromatic heterocycles. The Morgan fingerprint density at radius 3 is 2.91 bits per heavy atom. The molecule has 0 heterocycles. The topological polar surface area (TPSA) is 55.1 Å². The van der Waals surface area contributed by atoms with Gasteiger partial charge < -0.3 is 11.1 Å². The number of nitrogens with one attached hydrogen (secondary N) is 1. The smallest absolute Gasteiger partial charge is 0.220 e. The molecule has 0 aromatic carbocycles. The van der Waals surface area contributed by atoms with Gasteiger partial charge in [-0.2, -0.15) is 11.8 Å². The molecule has 0 spiro atoms. The lowest BCUT2D eigenvalue weighted by Gasteiger charge is -2.01. The Morgan fingerprint density at radius 1 is 1.64 bits per heavy atom. The summed E-state index contributed by atoms with van der Waals surface area (Å²) >= 11 is 1.68. The largest absolute Gasteiger partial charge is 0.356 e. The summed E-state index contributed by atoms with van der Waals surface area (Å²) in [4.78, 5) is 10.9. The Morgan fingerprint density at radius 2 is 2.36 bits per heavy atom. The number of hydrogen-bond donors (Lipinski definition) is 2. The van der Waals surface area contributed by atoms with Crippen LogP contribution in [-0.2, 0) is 4.79 Å². The number of carbonyl (C=O) groups excluding carboxylic acids is 1. The average Bonchev–Trinajstić information content (AvgIpc) is 2.01. The van der Waals surface area contributed by atoms with Gasteiger partial charge in [0.15, 0.2) is 0 Å². The lowest BCUT2D eigenvalue weighted by atomic mass is 10.4. The van der Waals surface area contributed by atoms with Crippen LogP contribution >= 0.6 is 11.8 Å². The minimum absolute atomic E-state index is 0.132. The van der Waals surface area contributed by atoms with Crippen molar-refractivity contribution in [2.75, 3.05) is 25.1 Å². The first kappa shape index (κ1) is 10.8. The van der Waals surface area contributed by atoms with Crippen LogP contribution < -0.4 is 11.1 Å². The number of nitrogens with two attached hydrogens (primary N) is 1. The third-order valence-corrected chi connectivity index (χ3v) is 1.85. The Labute approximate surface area is 72.1 Å². The summed E-state index contributed by atoms with van der Waals surface area (Å²) in [6.07, 6.45) is 3.48. The van der Waals surface area contributed by atoms with Crippen molar-refractivity contribution in [1.29, 1.82) is 0 Å². The molecule has 0 aromatic rings. The number of amides is 1. The molecule has 0 aliphatic rings. The van der Waals surface area contributed by atoms with E-state index in [1.807, 2.05) is 6.26 Å². The molecule has 0 radical (unpaired) electrons. The van der Waals surface area contributed by atoms with Gasteiger partial charge in [0.2, 0.25) is 5.91 Å². The Hall–Kier alpha value is -0.220.